The van der Waals surface area contributed by atoms with E-state index >= 15 is 0 Å². The minimum atomic E-state index is -0.584. The average molecular weight is 460 g/mol. The fourth-order valence-corrected chi connectivity index (χ4v) is 5.39. The van der Waals surface area contributed by atoms with Crippen LogP contribution in [0.25, 0.3) is 27.8 Å². The molecule has 1 aromatic carbocycles. The summed E-state index contributed by atoms with van der Waals surface area (Å²) in [7, 11) is 0. The molecule has 1 aliphatic heterocycles. The van der Waals surface area contributed by atoms with Crippen LogP contribution in [0.4, 0.5) is 0 Å². The molecule has 0 radical (unpaired) electrons. The Morgan fingerprint density at radius 3 is 2.68 bits per heavy atom. The van der Waals surface area contributed by atoms with E-state index in [2.05, 4.69) is 60.1 Å². The molecular weight excluding hydrogens is 426 g/mol. The number of hydrogen-bond acceptors (Lipinski definition) is 4. The number of hydrogen-bond donors (Lipinski definition) is 2. The number of aryl methyl sites for hydroxylation is 1. The standard InChI is InChI=1S/C27H33N5O2/c1-16(2)25-22-13-20(19-7-9-31(10-8-19)24(34)12-18(4)33)5-6-23(22)30-26(25)21-11-17(3)27-28-15-29-32(27)14-21/h5-6,11,13-16,18-19,30,33H,7-10,12H2,1-4H3/t18-/m0/s1. The Kier molecular flexibility index (Phi) is 5.90. The lowest BCUT2D eigenvalue weighted by Crippen LogP contribution is -2.39. The molecule has 0 spiro atoms. The van der Waals surface area contributed by atoms with Gasteiger partial charge >= 0.3 is 0 Å². The number of benzene rings is 1. The number of nitrogens with zero attached hydrogens (tertiary/aromatic N) is 4. The lowest BCUT2D eigenvalue weighted by molar-refractivity contribution is -0.134. The van der Waals surface area contributed by atoms with Gasteiger partial charge in [-0.05, 0) is 73.4 Å². The van der Waals surface area contributed by atoms with Crippen molar-refractivity contribution in [3.8, 4) is 11.3 Å². The second-order valence-electron chi connectivity index (χ2n) is 10.0. The third-order valence-corrected chi connectivity index (χ3v) is 7.08. The summed E-state index contributed by atoms with van der Waals surface area (Å²) in [6.07, 6.45) is 5.17. The summed E-state index contributed by atoms with van der Waals surface area (Å²) in [6.45, 7) is 9.73. The van der Waals surface area contributed by atoms with Crippen LogP contribution in [0.15, 0.2) is 36.8 Å². The number of fused-ring (bicyclic) bond motifs is 2. The molecule has 1 saturated heterocycles. The molecule has 4 aromatic rings. The van der Waals surface area contributed by atoms with E-state index in [4.69, 9.17) is 0 Å². The summed E-state index contributed by atoms with van der Waals surface area (Å²) < 4.78 is 1.85. The first-order valence-corrected chi connectivity index (χ1v) is 12.2. The summed E-state index contributed by atoms with van der Waals surface area (Å²) in [4.78, 5) is 22.3. The van der Waals surface area contributed by atoms with Gasteiger partial charge in [-0.15, -0.1) is 0 Å². The number of rotatable bonds is 5. The number of carbonyl (C=O) groups excluding carboxylic acids is 1. The number of H-pyrrole nitrogens is 1. The molecular formula is C27H33N5O2. The zero-order valence-electron chi connectivity index (χ0n) is 20.4. The van der Waals surface area contributed by atoms with Gasteiger partial charge in [-0.1, -0.05) is 19.9 Å². The zero-order valence-corrected chi connectivity index (χ0v) is 20.4. The summed E-state index contributed by atoms with van der Waals surface area (Å²) in [5.41, 5.74) is 8.03. The van der Waals surface area contributed by atoms with Crippen LogP contribution in [0.3, 0.4) is 0 Å². The summed E-state index contributed by atoms with van der Waals surface area (Å²) in [5, 5.41) is 15.2. The van der Waals surface area contributed by atoms with Gasteiger partial charge in [-0.25, -0.2) is 9.50 Å². The number of aromatic amines is 1. The molecule has 7 nitrogen and oxygen atoms in total. The molecule has 4 heterocycles. The number of aromatic nitrogens is 4. The molecule has 0 bridgehead atoms. The first-order valence-electron chi connectivity index (χ1n) is 12.2. The third-order valence-electron chi connectivity index (χ3n) is 7.08. The van der Waals surface area contributed by atoms with E-state index in [1.54, 1.807) is 13.3 Å². The number of nitrogens with one attached hydrogen (secondary N) is 1. The number of aliphatic hydroxyl groups excluding tert-OH is 1. The molecule has 1 amide bonds. The van der Waals surface area contributed by atoms with Crippen molar-refractivity contribution in [2.24, 2.45) is 0 Å². The van der Waals surface area contributed by atoms with Crippen molar-refractivity contribution in [1.29, 1.82) is 0 Å². The summed E-state index contributed by atoms with van der Waals surface area (Å²) in [6, 6.07) is 8.97. The van der Waals surface area contributed by atoms with Crippen LogP contribution in [0.2, 0.25) is 0 Å². The van der Waals surface area contributed by atoms with Crippen molar-refractivity contribution in [1.82, 2.24) is 24.5 Å². The summed E-state index contributed by atoms with van der Waals surface area (Å²) in [5.74, 6) is 0.846. The van der Waals surface area contributed by atoms with Crippen LogP contribution in [0.5, 0.6) is 0 Å². The van der Waals surface area contributed by atoms with Gasteiger partial charge in [-0.2, -0.15) is 5.10 Å². The van der Waals surface area contributed by atoms with Gasteiger partial charge in [0, 0.05) is 35.8 Å². The predicted octanol–water partition coefficient (Wildman–Crippen LogP) is 4.79. The fourth-order valence-electron chi connectivity index (χ4n) is 5.39. The fraction of sp³-hybridized carbons (Fsp3) is 0.444. The Bertz CT molecular complexity index is 1340. The number of carbonyl (C=O) groups is 1. The van der Waals surface area contributed by atoms with E-state index in [1.807, 2.05) is 15.6 Å². The van der Waals surface area contributed by atoms with E-state index in [0.717, 1.165) is 53.9 Å². The lowest BCUT2D eigenvalue weighted by Gasteiger charge is -2.32. The molecule has 0 saturated carbocycles. The second kappa shape index (κ2) is 8.87. The highest BCUT2D eigenvalue weighted by molar-refractivity contribution is 5.92. The van der Waals surface area contributed by atoms with Crippen LogP contribution < -0.4 is 0 Å². The number of amides is 1. The van der Waals surface area contributed by atoms with Gasteiger partial charge in [0.2, 0.25) is 5.91 Å². The number of piperidine rings is 1. The smallest absolute Gasteiger partial charge is 0.225 e. The van der Waals surface area contributed by atoms with Crippen LogP contribution in [-0.2, 0) is 4.79 Å². The number of pyridine rings is 1. The average Bonchev–Trinajstić information content (AvgIpc) is 3.43. The minimum Gasteiger partial charge on any atom is -0.393 e. The molecule has 0 aliphatic carbocycles. The van der Waals surface area contributed by atoms with Crippen LogP contribution in [0, 0.1) is 6.92 Å². The zero-order chi connectivity index (χ0) is 24.0. The maximum atomic E-state index is 12.3. The number of likely N-dealkylation sites (tertiary alicyclic amines) is 1. The Labute approximate surface area is 199 Å². The topological polar surface area (TPSA) is 86.5 Å². The van der Waals surface area contributed by atoms with E-state index in [9.17, 15) is 9.90 Å². The molecule has 34 heavy (non-hydrogen) atoms. The van der Waals surface area contributed by atoms with Crippen LogP contribution in [-0.4, -0.2) is 54.7 Å². The van der Waals surface area contributed by atoms with Gasteiger partial charge in [0.05, 0.1) is 18.2 Å². The van der Waals surface area contributed by atoms with Gasteiger partial charge in [0.1, 0.15) is 6.33 Å². The minimum absolute atomic E-state index is 0.0564. The maximum absolute atomic E-state index is 12.3. The summed E-state index contributed by atoms with van der Waals surface area (Å²) >= 11 is 0. The van der Waals surface area contributed by atoms with Gasteiger partial charge in [0.15, 0.2) is 5.65 Å². The van der Waals surface area contributed by atoms with E-state index in [-0.39, 0.29) is 12.3 Å². The van der Waals surface area contributed by atoms with Crippen molar-refractivity contribution in [2.75, 3.05) is 13.1 Å². The van der Waals surface area contributed by atoms with Crippen molar-refractivity contribution in [3.63, 3.8) is 0 Å². The molecule has 2 N–H and O–H groups in total. The van der Waals surface area contributed by atoms with Gasteiger partial charge in [-0.3, -0.25) is 4.79 Å². The quantitative estimate of drug-likeness (QED) is 0.449. The SMILES string of the molecule is Cc1cc(-c2[nH]c3ccc(C4CCN(C(=O)C[C@H](C)O)CC4)cc3c2C(C)C)cn2ncnc12. The van der Waals surface area contributed by atoms with Crippen LogP contribution in [0.1, 0.15) is 68.6 Å². The van der Waals surface area contributed by atoms with Gasteiger partial charge in [0.25, 0.3) is 0 Å². The Balaban J connectivity index is 1.47. The molecule has 178 valence electrons. The highest BCUT2D eigenvalue weighted by Crippen LogP contribution is 2.38. The van der Waals surface area contributed by atoms with Crippen LogP contribution >= 0.6 is 0 Å². The molecule has 0 unspecified atom stereocenters. The molecule has 1 atom stereocenters. The first kappa shape index (κ1) is 22.6. The predicted molar refractivity (Wildman–Crippen MR) is 134 cm³/mol. The molecule has 7 heteroatoms. The largest absolute Gasteiger partial charge is 0.393 e. The maximum Gasteiger partial charge on any atom is 0.225 e. The molecule has 1 aliphatic rings. The number of aliphatic hydroxyl groups is 1. The van der Waals surface area contributed by atoms with E-state index in [0.29, 0.717) is 11.8 Å². The van der Waals surface area contributed by atoms with E-state index in [1.165, 1.54) is 16.5 Å². The van der Waals surface area contributed by atoms with E-state index < -0.39 is 6.10 Å². The highest BCUT2D eigenvalue weighted by atomic mass is 16.3. The highest BCUT2D eigenvalue weighted by Gasteiger charge is 2.25. The van der Waals surface area contributed by atoms with Crippen molar-refractivity contribution in [2.45, 2.75) is 64.9 Å². The molecule has 1 fully saturated rings. The Hall–Kier alpha value is -3.19. The van der Waals surface area contributed by atoms with Crippen molar-refractivity contribution in [3.05, 3.63) is 53.5 Å². The second-order valence-corrected chi connectivity index (χ2v) is 10.0. The van der Waals surface area contributed by atoms with Crippen molar-refractivity contribution < 1.29 is 9.90 Å². The Morgan fingerprint density at radius 2 is 1.97 bits per heavy atom. The lowest BCUT2D eigenvalue weighted by atomic mass is 9.87. The monoisotopic (exact) mass is 459 g/mol. The van der Waals surface area contributed by atoms with Gasteiger partial charge < -0.3 is 15.0 Å². The normalized spacial score (nSPS) is 16.1. The Morgan fingerprint density at radius 1 is 1.21 bits per heavy atom. The van der Waals surface area contributed by atoms with Crippen molar-refractivity contribution >= 4 is 22.5 Å². The first-order chi connectivity index (χ1) is 16.3. The third kappa shape index (κ3) is 4.09. The molecule has 3 aromatic heterocycles. The molecule has 5 rings (SSSR count).